The van der Waals surface area contributed by atoms with Crippen molar-refractivity contribution in [1.29, 1.82) is 0 Å². The summed E-state index contributed by atoms with van der Waals surface area (Å²) in [5.74, 6) is 1.35. The van der Waals surface area contributed by atoms with Gasteiger partial charge in [0.1, 0.15) is 5.49 Å². The van der Waals surface area contributed by atoms with E-state index >= 15 is 0 Å². The first-order valence-corrected chi connectivity index (χ1v) is 10.4. The van der Waals surface area contributed by atoms with E-state index in [9.17, 15) is 4.79 Å². The van der Waals surface area contributed by atoms with E-state index in [1.165, 1.54) is 5.56 Å². The molecule has 1 aromatic heterocycles. The van der Waals surface area contributed by atoms with Gasteiger partial charge in [0.2, 0.25) is 0 Å². The van der Waals surface area contributed by atoms with Crippen molar-refractivity contribution in [3.8, 4) is 22.8 Å². The van der Waals surface area contributed by atoms with Crippen LogP contribution in [0.2, 0.25) is 0 Å². The van der Waals surface area contributed by atoms with E-state index in [0.29, 0.717) is 23.5 Å². The molecule has 0 N–H and O–H groups in total. The molecule has 1 aliphatic heterocycles. The average molecular weight is 420 g/mol. The van der Waals surface area contributed by atoms with Crippen LogP contribution in [0.25, 0.3) is 11.3 Å². The van der Waals surface area contributed by atoms with Crippen LogP contribution in [0.4, 0.5) is 5.69 Å². The molecule has 0 aliphatic carbocycles. The molecule has 0 unspecified atom stereocenters. The minimum atomic E-state index is -0.0674. The van der Waals surface area contributed by atoms with Gasteiger partial charge in [0, 0.05) is 24.7 Å². The first-order valence-electron chi connectivity index (χ1n) is 10.4. The molecule has 0 saturated carbocycles. The van der Waals surface area contributed by atoms with Crippen LogP contribution >= 0.6 is 0 Å². The Bertz CT molecular complexity index is 1310. The van der Waals surface area contributed by atoms with Crippen molar-refractivity contribution in [2.24, 2.45) is 12.0 Å². The largest absolute Gasteiger partial charge is 0.493 e. The van der Waals surface area contributed by atoms with E-state index in [1.54, 1.807) is 25.8 Å². The highest BCUT2D eigenvalue weighted by molar-refractivity contribution is 5.72. The summed E-state index contributed by atoms with van der Waals surface area (Å²) in [5.41, 5.74) is 8.92. The summed E-state index contributed by atoms with van der Waals surface area (Å²) in [7, 11) is 5.06. The van der Waals surface area contributed by atoms with Gasteiger partial charge in [-0.05, 0) is 62.9 Å². The van der Waals surface area contributed by atoms with Crippen molar-refractivity contribution in [1.82, 2.24) is 9.13 Å². The van der Waals surface area contributed by atoms with Gasteiger partial charge >= 0.3 is 5.69 Å². The number of ether oxygens (including phenoxy) is 2. The maximum atomic E-state index is 13.3. The van der Waals surface area contributed by atoms with Crippen LogP contribution in [-0.4, -0.2) is 23.4 Å². The van der Waals surface area contributed by atoms with Crippen LogP contribution in [0.15, 0.2) is 34.1 Å². The number of nitrogens with zero attached hydrogens (tertiary/aromatic N) is 3. The van der Waals surface area contributed by atoms with Crippen molar-refractivity contribution < 1.29 is 9.47 Å². The Hall–Kier alpha value is -3.28. The zero-order valence-electron chi connectivity index (χ0n) is 19.3. The fourth-order valence-corrected chi connectivity index (χ4v) is 4.68. The van der Waals surface area contributed by atoms with Gasteiger partial charge in [-0.1, -0.05) is 17.7 Å². The number of aromatic nitrogens is 2. The summed E-state index contributed by atoms with van der Waals surface area (Å²) >= 11 is 0. The van der Waals surface area contributed by atoms with Gasteiger partial charge in [-0.3, -0.25) is 9.13 Å². The average Bonchev–Trinajstić information content (AvgIpc) is 2.74. The molecule has 0 saturated heterocycles. The lowest BCUT2D eigenvalue weighted by Gasteiger charge is -2.26. The van der Waals surface area contributed by atoms with Crippen LogP contribution in [0.1, 0.15) is 27.8 Å². The van der Waals surface area contributed by atoms with E-state index < -0.39 is 0 Å². The normalized spacial score (nSPS) is 13.1. The molecule has 0 spiro atoms. The van der Waals surface area contributed by atoms with Crippen molar-refractivity contribution in [2.45, 2.75) is 40.7 Å². The summed E-state index contributed by atoms with van der Waals surface area (Å²) in [6.45, 7) is 8.86. The fraction of sp³-hybridized carbons (Fsp3) is 0.360. The van der Waals surface area contributed by atoms with E-state index in [-0.39, 0.29) is 5.69 Å². The molecule has 4 rings (SSSR count). The Morgan fingerprint density at radius 1 is 0.935 bits per heavy atom. The van der Waals surface area contributed by atoms with Crippen molar-refractivity contribution >= 4 is 5.69 Å². The molecule has 2 aromatic carbocycles. The molecule has 31 heavy (non-hydrogen) atoms. The second-order valence-electron chi connectivity index (χ2n) is 8.26. The Balaban J connectivity index is 2.07. The van der Waals surface area contributed by atoms with E-state index in [4.69, 9.17) is 14.5 Å². The molecule has 2 heterocycles. The summed E-state index contributed by atoms with van der Waals surface area (Å²) in [4.78, 5) is 18.3. The molecule has 1 aliphatic rings. The van der Waals surface area contributed by atoms with Crippen LogP contribution in [-0.2, 0) is 20.0 Å². The topological polar surface area (TPSA) is 57.8 Å². The highest BCUT2D eigenvalue weighted by Crippen LogP contribution is 2.38. The predicted molar refractivity (Wildman–Crippen MR) is 123 cm³/mol. The lowest BCUT2D eigenvalue weighted by Crippen LogP contribution is -2.42. The minimum absolute atomic E-state index is 0.0674. The third-order valence-corrected chi connectivity index (χ3v) is 6.12. The van der Waals surface area contributed by atoms with Crippen LogP contribution in [0.5, 0.6) is 11.5 Å². The highest BCUT2D eigenvalue weighted by Gasteiger charge is 2.24. The monoisotopic (exact) mass is 419 g/mol. The zero-order valence-corrected chi connectivity index (χ0v) is 19.3. The number of benzene rings is 2. The predicted octanol–water partition coefficient (Wildman–Crippen LogP) is 3.89. The molecule has 162 valence electrons. The summed E-state index contributed by atoms with van der Waals surface area (Å²) < 4.78 is 14.5. The van der Waals surface area contributed by atoms with Crippen molar-refractivity contribution in [2.75, 3.05) is 14.2 Å². The summed E-state index contributed by atoms with van der Waals surface area (Å²) in [5, 5.41) is 0. The Morgan fingerprint density at radius 2 is 1.55 bits per heavy atom. The molecule has 0 atom stereocenters. The third-order valence-electron chi connectivity index (χ3n) is 6.12. The Kier molecular flexibility index (Phi) is 5.25. The third kappa shape index (κ3) is 3.36. The van der Waals surface area contributed by atoms with E-state index in [2.05, 4.69) is 32.9 Å². The number of methoxy groups -OCH3 is 2. The Morgan fingerprint density at radius 3 is 2.16 bits per heavy atom. The SMILES string of the molecule is COc1cc2c(cc1OC)-c1c(C)/c(=N/c3c(C)cc(C)cc3C)n(C)c(=O)n1CC2. The first kappa shape index (κ1) is 21.0. The molecule has 0 radical (unpaired) electrons. The number of rotatable bonds is 3. The van der Waals surface area contributed by atoms with Gasteiger partial charge < -0.3 is 9.47 Å². The van der Waals surface area contributed by atoms with E-state index in [1.807, 2.05) is 23.6 Å². The van der Waals surface area contributed by atoms with Gasteiger partial charge in [0.05, 0.1) is 25.6 Å². The molecular formula is C25H29N3O3. The number of fused-ring (bicyclic) bond motifs is 3. The quantitative estimate of drug-likeness (QED) is 0.647. The standard InChI is InChI=1S/C25H29N3O3/c1-14-10-15(2)22(16(3)11-14)26-24-17(4)23-19-13-21(31-7)20(30-6)12-18(19)8-9-28(23)25(29)27(24)5/h10-13H,8-9H2,1-7H3/b26-24-. The summed E-state index contributed by atoms with van der Waals surface area (Å²) in [6.07, 6.45) is 0.759. The highest BCUT2D eigenvalue weighted by atomic mass is 16.5. The zero-order chi connectivity index (χ0) is 22.4. The second-order valence-corrected chi connectivity index (χ2v) is 8.26. The molecular weight excluding hydrogens is 390 g/mol. The van der Waals surface area contributed by atoms with Gasteiger partial charge in [-0.2, -0.15) is 0 Å². The van der Waals surface area contributed by atoms with Gasteiger partial charge in [0.25, 0.3) is 0 Å². The second kappa shape index (κ2) is 7.76. The molecule has 3 aromatic rings. The fourth-order valence-electron chi connectivity index (χ4n) is 4.68. The van der Waals surface area contributed by atoms with Crippen molar-refractivity contribution in [3.63, 3.8) is 0 Å². The van der Waals surface area contributed by atoms with Crippen LogP contribution in [0.3, 0.4) is 0 Å². The number of hydrogen-bond donors (Lipinski definition) is 0. The molecule has 0 fully saturated rings. The lowest BCUT2D eigenvalue weighted by atomic mass is 9.94. The van der Waals surface area contributed by atoms with Crippen LogP contribution in [0, 0.1) is 27.7 Å². The minimum Gasteiger partial charge on any atom is -0.493 e. The number of aryl methyl sites for hydroxylation is 4. The van der Waals surface area contributed by atoms with Crippen LogP contribution < -0.4 is 20.7 Å². The Labute approximate surface area is 182 Å². The molecule has 0 amide bonds. The summed E-state index contributed by atoms with van der Waals surface area (Å²) in [6, 6.07) is 8.23. The maximum absolute atomic E-state index is 13.3. The first-order chi connectivity index (χ1) is 14.8. The molecule has 0 bridgehead atoms. The van der Waals surface area contributed by atoms with Crippen molar-refractivity contribution in [3.05, 3.63) is 68.1 Å². The smallest absolute Gasteiger partial charge is 0.329 e. The lowest BCUT2D eigenvalue weighted by molar-refractivity contribution is 0.354. The van der Waals surface area contributed by atoms with Gasteiger partial charge in [-0.25, -0.2) is 9.79 Å². The van der Waals surface area contributed by atoms with Gasteiger partial charge in [0.15, 0.2) is 11.5 Å². The van der Waals surface area contributed by atoms with E-state index in [0.717, 1.165) is 45.6 Å². The molecule has 6 heteroatoms. The van der Waals surface area contributed by atoms with Gasteiger partial charge in [-0.15, -0.1) is 0 Å². The maximum Gasteiger partial charge on any atom is 0.329 e. The molecule has 6 nitrogen and oxygen atoms in total. The number of hydrogen-bond acceptors (Lipinski definition) is 4.